The first-order valence-electron chi connectivity index (χ1n) is 4.61. The lowest BCUT2D eigenvalue weighted by Gasteiger charge is -2.05. The lowest BCUT2D eigenvalue weighted by Crippen LogP contribution is -1.89. The third kappa shape index (κ3) is 1.97. The number of hydrogen-bond donors (Lipinski definition) is 1. The van der Waals surface area contributed by atoms with Gasteiger partial charge < -0.3 is 5.11 Å². The molecule has 0 aliphatic rings. The van der Waals surface area contributed by atoms with Crippen LogP contribution in [0.5, 0.6) is 5.75 Å². The molecule has 0 aliphatic heterocycles. The second-order valence-corrected chi connectivity index (χ2v) is 4.13. The number of rotatable bonds is 2. The third-order valence-electron chi connectivity index (χ3n) is 2.22. The molecule has 80 valence electrons. The van der Waals surface area contributed by atoms with Crippen molar-refractivity contribution in [2.75, 3.05) is 0 Å². The van der Waals surface area contributed by atoms with Gasteiger partial charge in [-0.1, -0.05) is 28.1 Å². The lowest BCUT2D eigenvalue weighted by molar-refractivity contribution is 0.111. The summed E-state index contributed by atoms with van der Waals surface area (Å²) in [4.78, 5) is 14.4. The molecule has 1 heterocycles. The van der Waals surface area contributed by atoms with E-state index in [-0.39, 0.29) is 11.4 Å². The zero-order valence-corrected chi connectivity index (χ0v) is 9.81. The van der Waals surface area contributed by atoms with Gasteiger partial charge >= 0.3 is 0 Å². The van der Waals surface area contributed by atoms with Crippen LogP contribution in [0.3, 0.4) is 0 Å². The number of carbonyl (C=O) groups is 1. The Kier molecular flexibility index (Phi) is 3.01. The molecule has 0 saturated carbocycles. The van der Waals surface area contributed by atoms with Crippen molar-refractivity contribution in [3.05, 3.63) is 46.7 Å². The van der Waals surface area contributed by atoms with E-state index in [4.69, 9.17) is 0 Å². The molecule has 0 fully saturated rings. The van der Waals surface area contributed by atoms with Gasteiger partial charge in [0.2, 0.25) is 0 Å². The van der Waals surface area contributed by atoms with Crippen LogP contribution in [0, 0.1) is 0 Å². The molecule has 3 nitrogen and oxygen atoms in total. The van der Waals surface area contributed by atoms with E-state index in [1.54, 1.807) is 6.07 Å². The first kappa shape index (κ1) is 10.8. The number of benzene rings is 1. The molecule has 2 rings (SSSR count). The fraction of sp³-hybridized carbons (Fsp3) is 0. The normalized spacial score (nSPS) is 10.1. The number of aromatic nitrogens is 1. The topological polar surface area (TPSA) is 50.2 Å². The maximum atomic E-state index is 10.6. The maximum Gasteiger partial charge on any atom is 0.172 e. The number of hydrogen-bond acceptors (Lipinski definition) is 3. The molecule has 0 spiro atoms. The predicted octanol–water partition coefficient (Wildman–Crippen LogP) is 3.03. The molecule has 0 bridgehead atoms. The Bertz CT molecular complexity index is 523. The van der Waals surface area contributed by atoms with E-state index in [1.165, 1.54) is 6.20 Å². The third-order valence-corrected chi connectivity index (χ3v) is 2.75. The quantitative estimate of drug-likeness (QED) is 0.859. The van der Waals surface area contributed by atoms with E-state index in [0.717, 1.165) is 10.0 Å². The number of halogens is 1. The summed E-state index contributed by atoms with van der Waals surface area (Å²) >= 11 is 3.33. The molecule has 0 unspecified atom stereocenters. The highest BCUT2D eigenvalue weighted by Gasteiger charge is 2.09. The number of pyridine rings is 1. The smallest absolute Gasteiger partial charge is 0.172 e. The minimum absolute atomic E-state index is 0.0559. The molecule has 0 atom stereocenters. The number of carbonyl (C=O) groups excluding carboxylic acids is 1. The number of aldehydes is 1. The van der Waals surface area contributed by atoms with Crippen LogP contribution in [-0.2, 0) is 0 Å². The van der Waals surface area contributed by atoms with Gasteiger partial charge in [-0.15, -0.1) is 0 Å². The van der Waals surface area contributed by atoms with Gasteiger partial charge in [-0.05, 0) is 23.8 Å². The second-order valence-electron chi connectivity index (χ2n) is 3.22. The van der Waals surface area contributed by atoms with Crippen LogP contribution in [-0.4, -0.2) is 16.4 Å². The van der Waals surface area contributed by atoms with Gasteiger partial charge in [-0.2, -0.15) is 0 Å². The van der Waals surface area contributed by atoms with Gasteiger partial charge in [0.25, 0.3) is 0 Å². The molecule has 1 N–H and O–H groups in total. The maximum absolute atomic E-state index is 10.6. The summed E-state index contributed by atoms with van der Waals surface area (Å²) in [5.41, 5.74) is 1.50. The van der Waals surface area contributed by atoms with Crippen molar-refractivity contribution in [3.8, 4) is 16.9 Å². The standard InChI is InChI=1S/C12H8BrNO2/c13-9-3-1-8(2-4-9)10-5-6-14-11(7-15)12(10)16/h1-7,16H. The van der Waals surface area contributed by atoms with Crippen molar-refractivity contribution < 1.29 is 9.90 Å². The van der Waals surface area contributed by atoms with E-state index < -0.39 is 0 Å². The average Bonchev–Trinajstić information content (AvgIpc) is 2.31. The Hall–Kier alpha value is -1.68. The summed E-state index contributed by atoms with van der Waals surface area (Å²) < 4.78 is 0.959. The van der Waals surface area contributed by atoms with Gasteiger partial charge in [-0.3, -0.25) is 4.79 Å². The predicted molar refractivity (Wildman–Crippen MR) is 64.4 cm³/mol. The van der Waals surface area contributed by atoms with E-state index >= 15 is 0 Å². The Morgan fingerprint density at radius 1 is 1.19 bits per heavy atom. The van der Waals surface area contributed by atoms with Crippen molar-refractivity contribution in [2.45, 2.75) is 0 Å². The van der Waals surface area contributed by atoms with Crippen molar-refractivity contribution in [2.24, 2.45) is 0 Å². The van der Waals surface area contributed by atoms with Gasteiger partial charge in [-0.25, -0.2) is 4.98 Å². The summed E-state index contributed by atoms with van der Waals surface area (Å²) in [7, 11) is 0. The van der Waals surface area contributed by atoms with Crippen LogP contribution in [0.2, 0.25) is 0 Å². The summed E-state index contributed by atoms with van der Waals surface area (Å²) in [5, 5.41) is 9.81. The Labute approximate surface area is 101 Å². The Morgan fingerprint density at radius 2 is 1.88 bits per heavy atom. The van der Waals surface area contributed by atoms with Gasteiger partial charge in [0.1, 0.15) is 5.69 Å². The molecule has 2 aromatic rings. The van der Waals surface area contributed by atoms with Crippen LogP contribution >= 0.6 is 15.9 Å². The van der Waals surface area contributed by atoms with Crippen molar-refractivity contribution in [1.82, 2.24) is 4.98 Å². The van der Waals surface area contributed by atoms with Gasteiger partial charge in [0.05, 0.1) is 0 Å². The second kappa shape index (κ2) is 4.45. The highest BCUT2D eigenvalue weighted by molar-refractivity contribution is 9.10. The van der Waals surface area contributed by atoms with E-state index in [0.29, 0.717) is 11.8 Å². The largest absolute Gasteiger partial charge is 0.505 e. The number of nitrogens with zero attached hydrogens (tertiary/aromatic N) is 1. The van der Waals surface area contributed by atoms with Gasteiger partial charge in [0, 0.05) is 16.2 Å². The molecule has 0 aliphatic carbocycles. The van der Waals surface area contributed by atoms with Crippen molar-refractivity contribution in [3.63, 3.8) is 0 Å². The monoisotopic (exact) mass is 277 g/mol. The summed E-state index contributed by atoms with van der Waals surface area (Å²) in [5.74, 6) is -0.0835. The highest BCUT2D eigenvalue weighted by atomic mass is 79.9. The molecule has 16 heavy (non-hydrogen) atoms. The molecule has 4 heteroatoms. The minimum Gasteiger partial charge on any atom is -0.505 e. The van der Waals surface area contributed by atoms with Crippen LogP contribution < -0.4 is 0 Å². The molecular formula is C12H8BrNO2. The summed E-state index contributed by atoms with van der Waals surface area (Å²) in [6.45, 7) is 0. The highest BCUT2D eigenvalue weighted by Crippen LogP contribution is 2.30. The molecule has 1 aromatic carbocycles. The first-order valence-corrected chi connectivity index (χ1v) is 5.41. The van der Waals surface area contributed by atoms with Crippen LogP contribution in [0.15, 0.2) is 41.0 Å². The van der Waals surface area contributed by atoms with Crippen molar-refractivity contribution in [1.29, 1.82) is 0 Å². The van der Waals surface area contributed by atoms with Crippen molar-refractivity contribution >= 4 is 22.2 Å². The van der Waals surface area contributed by atoms with E-state index in [2.05, 4.69) is 20.9 Å². The van der Waals surface area contributed by atoms with E-state index in [1.807, 2.05) is 24.3 Å². The van der Waals surface area contributed by atoms with E-state index in [9.17, 15) is 9.90 Å². The molecule has 1 aromatic heterocycles. The lowest BCUT2D eigenvalue weighted by atomic mass is 10.1. The summed E-state index contributed by atoms with van der Waals surface area (Å²) in [6, 6.07) is 9.12. The average molecular weight is 278 g/mol. The first-order chi connectivity index (χ1) is 7.72. The summed E-state index contributed by atoms with van der Waals surface area (Å²) in [6.07, 6.45) is 2.04. The SMILES string of the molecule is O=Cc1nccc(-c2ccc(Br)cc2)c1O. The molecule has 0 amide bonds. The van der Waals surface area contributed by atoms with Gasteiger partial charge in [0.15, 0.2) is 12.0 Å². The zero-order chi connectivity index (χ0) is 11.5. The van der Waals surface area contributed by atoms with Crippen LogP contribution in [0.4, 0.5) is 0 Å². The molecule has 0 saturated heterocycles. The molecular weight excluding hydrogens is 270 g/mol. The van der Waals surface area contributed by atoms with Crippen LogP contribution in [0.1, 0.15) is 10.5 Å². The Balaban J connectivity index is 2.56. The fourth-order valence-electron chi connectivity index (χ4n) is 1.42. The molecule has 0 radical (unpaired) electrons. The fourth-order valence-corrected chi connectivity index (χ4v) is 1.68. The zero-order valence-electron chi connectivity index (χ0n) is 8.22. The van der Waals surface area contributed by atoms with Crippen LogP contribution in [0.25, 0.3) is 11.1 Å². The minimum atomic E-state index is -0.0835. The number of aromatic hydroxyl groups is 1. The Morgan fingerprint density at radius 3 is 2.50 bits per heavy atom.